The second-order valence-electron chi connectivity index (χ2n) is 8.08. The number of nitrogens with zero attached hydrogens (tertiary/aromatic N) is 6. The largest absolute Gasteiger partial charge is 0.354 e. The Labute approximate surface area is 182 Å². The molecule has 4 aromatic heterocycles. The van der Waals surface area contributed by atoms with Crippen molar-refractivity contribution >= 4 is 50.5 Å². The summed E-state index contributed by atoms with van der Waals surface area (Å²) in [6, 6.07) is 7.83. The fourth-order valence-electron chi connectivity index (χ4n) is 3.95. The average molecular weight is 441 g/mol. The smallest absolute Gasteiger partial charge is 0.229 e. The van der Waals surface area contributed by atoms with Gasteiger partial charge in [0, 0.05) is 26.3 Å². The van der Waals surface area contributed by atoms with E-state index in [2.05, 4.69) is 33.7 Å². The summed E-state index contributed by atoms with van der Waals surface area (Å²) in [5.41, 5.74) is 2.19. The highest BCUT2D eigenvalue weighted by molar-refractivity contribution is 7.17. The van der Waals surface area contributed by atoms with E-state index in [9.17, 15) is 4.79 Å². The van der Waals surface area contributed by atoms with Crippen LogP contribution in [0.15, 0.2) is 42.0 Å². The number of carbonyl (C=O) groups is 1. The van der Waals surface area contributed by atoms with Crippen LogP contribution in [0.3, 0.4) is 0 Å². The van der Waals surface area contributed by atoms with Crippen LogP contribution < -0.4 is 4.90 Å². The minimum atomic E-state index is -0.502. The molecule has 4 aromatic rings. The number of thiophene rings is 1. The van der Waals surface area contributed by atoms with Gasteiger partial charge in [0.25, 0.3) is 0 Å². The summed E-state index contributed by atoms with van der Waals surface area (Å²) < 4.78 is 3.04. The third-order valence-electron chi connectivity index (χ3n) is 6.00. The maximum Gasteiger partial charge on any atom is 0.229 e. The normalized spacial score (nSPS) is 15.0. The molecular weight excluding hydrogens is 420 g/mol. The van der Waals surface area contributed by atoms with Crippen molar-refractivity contribution in [3.05, 3.63) is 53.0 Å². The van der Waals surface area contributed by atoms with Crippen molar-refractivity contribution in [3.63, 3.8) is 0 Å². The maximum absolute atomic E-state index is 13.3. The molecule has 0 radical (unpaired) electrons. The van der Waals surface area contributed by atoms with Gasteiger partial charge in [-0.1, -0.05) is 6.07 Å². The lowest BCUT2D eigenvalue weighted by Gasteiger charge is -2.44. The number of anilines is 1. The Balaban J connectivity index is 1.35. The first-order valence-electron chi connectivity index (χ1n) is 9.72. The summed E-state index contributed by atoms with van der Waals surface area (Å²) in [6.07, 6.45) is 3.83. The van der Waals surface area contributed by atoms with Gasteiger partial charge in [-0.15, -0.1) is 11.3 Å². The van der Waals surface area contributed by atoms with Crippen molar-refractivity contribution in [1.82, 2.24) is 24.3 Å². The number of carbonyl (C=O) groups excluding carboxylic acids is 1. The molecule has 1 aliphatic rings. The third kappa shape index (κ3) is 2.94. The molecule has 0 saturated carbocycles. The van der Waals surface area contributed by atoms with Gasteiger partial charge in [0.2, 0.25) is 11.2 Å². The second kappa shape index (κ2) is 6.92. The summed E-state index contributed by atoms with van der Waals surface area (Å²) in [5.74, 6) is 0.842. The molecule has 154 valence electrons. The van der Waals surface area contributed by atoms with E-state index >= 15 is 0 Å². The van der Waals surface area contributed by atoms with Crippen molar-refractivity contribution in [2.24, 2.45) is 5.92 Å². The second-order valence-corrected chi connectivity index (χ2v) is 9.34. The zero-order valence-corrected chi connectivity index (χ0v) is 18.5. The minimum absolute atomic E-state index is 0.0859. The molecule has 0 spiro atoms. The lowest BCUT2D eigenvalue weighted by molar-refractivity contribution is -0.140. The molecular formula is C21H21ClN6OS. The quantitative estimate of drug-likeness (QED) is 0.451. The molecule has 0 bridgehead atoms. The molecule has 7 nitrogen and oxygen atoms in total. The summed E-state index contributed by atoms with van der Waals surface area (Å²) in [4.78, 5) is 30.4. The number of fused-ring (bicyclic) bond motifs is 2. The minimum Gasteiger partial charge on any atom is -0.354 e. The molecule has 5 rings (SSSR count). The lowest BCUT2D eigenvalue weighted by atomic mass is 9.93. The highest BCUT2D eigenvalue weighted by Crippen LogP contribution is 2.35. The highest BCUT2D eigenvalue weighted by atomic mass is 35.5. The molecule has 1 aliphatic heterocycles. The van der Waals surface area contributed by atoms with E-state index in [-0.39, 0.29) is 17.1 Å². The highest BCUT2D eigenvalue weighted by Gasteiger charge is 2.41. The van der Waals surface area contributed by atoms with Crippen LogP contribution in [0.5, 0.6) is 0 Å². The number of rotatable bonds is 4. The van der Waals surface area contributed by atoms with Crippen LogP contribution in [0.1, 0.15) is 19.5 Å². The predicted molar refractivity (Wildman–Crippen MR) is 119 cm³/mol. The summed E-state index contributed by atoms with van der Waals surface area (Å²) in [6.45, 7) is 5.34. The van der Waals surface area contributed by atoms with Gasteiger partial charge in [0.15, 0.2) is 5.82 Å². The molecule has 0 aliphatic carbocycles. The van der Waals surface area contributed by atoms with E-state index in [0.29, 0.717) is 13.1 Å². The van der Waals surface area contributed by atoms with Gasteiger partial charge in [-0.25, -0.2) is 9.97 Å². The molecule has 9 heteroatoms. The number of amides is 1. The van der Waals surface area contributed by atoms with Crippen LogP contribution in [0, 0.1) is 5.92 Å². The van der Waals surface area contributed by atoms with Gasteiger partial charge in [0.05, 0.1) is 33.6 Å². The van der Waals surface area contributed by atoms with E-state index in [1.54, 1.807) is 11.3 Å². The van der Waals surface area contributed by atoms with Crippen molar-refractivity contribution in [1.29, 1.82) is 0 Å². The Kier molecular flexibility index (Phi) is 4.44. The third-order valence-corrected chi connectivity index (χ3v) is 7.07. The summed E-state index contributed by atoms with van der Waals surface area (Å²) in [5, 5.41) is 2.21. The molecule has 0 unspecified atom stereocenters. The number of aromatic nitrogens is 4. The number of pyridine rings is 1. The van der Waals surface area contributed by atoms with Crippen LogP contribution in [-0.4, -0.2) is 50.3 Å². The number of halogens is 1. The fraction of sp³-hybridized carbons (Fsp3) is 0.333. The van der Waals surface area contributed by atoms with Crippen LogP contribution in [0.2, 0.25) is 5.28 Å². The van der Waals surface area contributed by atoms with Gasteiger partial charge in [-0.3, -0.25) is 4.79 Å². The van der Waals surface area contributed by atoms with Gasteiger partial charge >= 0.3 is 0 Å². The van der Waals surface area contributed by atoms with Gasteiger partial charge in [0.1, 0.15) is 5.65 Å². The molecule has 5 heterocycles. The Bertz CT molecular complexity index is 1260. The molecule has 0 atom stereocenters. The van der Waals surface area contributed by atoms with Crippen molar-refractivity contribution in [3.8, 4) is 0 Å². The summed E-state index contributed by atoms with van der Waals surface area (Å²) >= 11 is 7.68. The molecule has 1 amide bonds. The topological polar surface area (TPSA) is 66.6 Å². The average Bonchev–Trinajstić information content (AvgIpc) is 3.32. The van der Waals surface area contributed by atoms with Crippen LogP contribution in [0.4, 0.5) is 5.82 Å². The van der Waals surface area contributed by atoms with Crippen molar-refractivity contribution in [2.45, 2.75) is 19.4 Å². The van der Waals surface area contributed by atoms with Gasteiger partial charge in [-0.05, 0) is 49.0 Å². The van der Waals surface area contributed by atoms with E-state index < -0.39 is 5.54 Å². The van der Waals surface area contributed by atoms with E-state index in [4.69, 9.17) is 11.6 Å². The zero-order valence-electron chi connectivity index (χ0n) is 16.9. The fourth-order valence-corrected chi connectivity index (χ4v) is 4.97. The van der Waals surface area contributed by atoms with Gasteiger partial charge < -0.3 is 14.2 Å². The molecule has 1 saturated heterocycles. The van der Waals surface area contributed by atoms with Crippen molar-refractivity contribution in [2.75, 3.05) is 25.0 Å². The molecule has 0 aromatic carbocycles. The zero-order chi connectivity index (χ0) is 21.0. The van der Waals surface area contributed by atoms with Crippen molar-refractivity contribution < 1.29 is 4.79 Å². The monoisotopic (exact) mass is 440 g/mol. The Morgan fingerprint density at radius 3 is 2.87 bits per heavy atom. The number of hydrogen-bond donors (Lipinski definition) is 0. The lowest BCUT2D eigenvalue weighted by Crippen LogP contribution is -2.57. The molecule has 1 fully saturated rings. The van der Waals surface area contributed by atoms with Gasteiger partial charge in [-0.2, -0.15) is 4.98 Å². The Morgan fingerprint density at radius 2 is 2.07 bits per heavy atom. The summed E-state index contributed by atoms with van der Waals surface area (Å²) in [7, 11) is 1.87. The first kappa shape index (κ1) is 19.3. The Hall–Kier alpha value is -2.71. The molecule has 0 N–H and O–H groups in total. The maximum atomic E-state index is 13.3. The number of hydrogen-bond acceptors (Lipinski definition) is 6. The standard InChI is InChI=1S/C21H21ClN6OS/c1-21(2,15-10-23-16-6-4-5-8-28(15)16)26(3)19(29)13-11-27(12-13)18-17-14(7-9-30-17)24-20(22)25-18/h4-10,13H,11-12H2,1-3H3. The van der Waals surface area contributed by atoms with Crippen LogP contribution >= 0.6 is 22.9 Å². The molecule has 30 heavy (non-hydrogen) atoms. The first-order chi connectivity index (χ1) is 14.4. The van der Waals surface area contributed by atoms with E-state index in [1.165, 1.54) is 0 Å². The Morgan fingerprint density at radius 1 is 1.27 bits per heavy atom. The predicted octanol–water partition coefficient (Wildman–Crippen LogP) is 3.82. The number of imidazole rings is 1. The van der Waals surface area contributed by atoms with E-state index in [0.717, 1.165) is 27.4 Å². The van der Waals surface area contributed by atoms with Crippen LogP contribution in [-0.2, 0) is 10.3 Å². The van der Waals surface area contributed by atoms with E-state index in [1.807, 2.05) is 58.4 Å². The SMILES string of the molecule is CN(C(=O)C1CN(c2nc(Cl)nc3ccsc23)C1)C(C)(C)c1cnc2ccccn12. The first-order valence-corrected chi connectivity index (χ1v) is 11.0. The van der Waals surface area contributed by atoms with Crippen LogP contribution in [0.25, 0.3) is 15.9 Å².